The van der Waals surface area contributed by atoms with Crippen LogP contribution in [0.5, 0.6) is 0 Å². The lowest BCUT2D eigenvalue weighted by Crippen LogP contribution is -1.64. The van der Waals surface area contributed by atoms with E-state index in [2.05, 4.69) is 32.1 Å². The summed E-state index contributed by atoms with van der Waals surface area (Å²) in [6.45, 7) is 11.7. The lowest BCUT2D eigenvalue weighted by molar-refractivity contribution is 1.20. The van der Waals surface area contributed by atoms with Gasteiger partial charge < -0.3 is 0 Å². The third-order valence-electron chi connectivity index (χ3n) is 0.956. The van der Waals surface area contributed by atoms with Gasteiger partial charge in [-0.3, -0.25) is 0 Å². The molecule has 0 radical (unpaired) electrons. The molecule has 0 atom stereocenters. The van der Waals surface area contributed by atoms with Gasteiger partial charge in [0.25, 0.3) is 0 Å². The second kappa shape index (κ2) is 22.4. The van der Waals surface area contributed by atoms with Crippen molar-refractivity contribution in [3.8, 4) is 6.07 Å². The molecule has 0 aromatic carbocycles. The van der Waals surface area contributed by atoms with Gasteiger partial charge >= 0.3 is 0 Å². The van der Waals surface area contributed by atoms with E-state index < -0.39 is 0 Å². The Morgan fingerprint density at radius 3 is 2.00 bits per heavy atom. The summed E-state index contributed by atoms with van der Waals surface area (Å²) in [5.41, 5.74) is 1.36. The van der Waals surface area contributed by atoms with Crippen molar-refractivity contribution >= 4 is 0 Å². The summed E-state index contributed by atoms with van der Waals surface area (Å²) in [5, 5.41) is 7.32. The van der Waals surface area contributed by atoms with Gasteiger partial charge in [-0.05, 0) is 20.3 Å². The zero-order chi connectivity index (χ0) is 11.1. The van der Waals surface area contributed by atoms with Crippen LogP contribution in [0.25, 0.3) is 0 Å². The van der Waals surface area contributed by atoms with Crippen molar-refractivity contribution in [2.75, 3.05) is 0 Å². The van der Waals surface area contributed by atoms with Crippen LogP contribution in [0.3, 0.4) is 0 Å². The first-order chi connectivity index (χ1) is 6.22. The molecule has 0 aromatic heterocycles. The summed E-state index contributed by atoms with van der Waals surface area (Å²) >= 11 is 0. The largest absolute Gasteiger partial charge is 0.199 e. The molecule has 1 nitrogen and oxygen atoms in total. The molecule has 0 unspecified atom stereocenters. The van der Waals surface area contributed by atoms with Crippen molar-refractivity contribution in [3.63, 3.8) is 0 Å². The van der Waals surface area contributed by atoms with Crippen LogP contribution in [-0.2, 0) is 0 Å². The molecular formula is C12H23N. The number of nitriles is 1. The van der Waals surface area contributed by atoms with Crippen molar-refractivity contribution in [2.24, 2.45) is 0 Å². The molecule has 0 saturated heterocycles. The zero-order valence-corrected chi connectivity index (χ0v) is 9.89. The minimum Gasteiger partial charge on any atom is -0.199 e. The molecule has 0 spiro atoms. The Morgan fingerprint density at radius 1 is 1.38 bits per heavy atom. The van der Waals surface area contributed by atoms with Crippen LogP contribution in [0, 0.1) is 11.3 Å². The van der Waals surface area contributed by atoms with Gasteiger partial charge in [-0.1, -0.05) is 44.6 Å². The molecule has 13 heavy (non-hydrogen) atoms. The molecule has 0 aliphatic rings. The lowest BCUT2D eigenvalue weighted by Gasteiger charge is -1.85. The van der Waals surface area contributed by atoms with E-state index in [9.17, 15) is 0 Å². The number of allylic oxidation sites excluding steroid dienone is 4. The predicted octanol–water partition coefficient (Wildman–Crippen LogP) is 4.47. The van der Waals surface area contributed by atoms with Gasteiger partial charge in [0.05, 0.1) is 6.07 Å². The van der Waals surface area contributed by atoms with Crippen LogP contribution in [0.15, 0.2) is 23.8 Å². The number of hydrogen-bond donors (Lipinski definition) is 0. The van der Waals surface area contributed by atoms with Gasteiger partial charge in [0.2, 0.25) is 0 Å². The molecule has 0 N–H and O–H groups in total. The fraction of sp³-hybridized carbons (Fsp3) is 0.583. The maximum atomic E-state index is 7.32. The second-order valence-corrected chi connectivity index (χ2v) is 2.08. The molecule has 1 heteroatoms. The summed E-state index contributed by atoms with van der Waals surface area (Å²) in [5.74, 6) is 0. The molecule has 0 saturated carbocycles. The third kappa shape index (κ3) is 35.7. The van der Waals surface area contributed by atoms with E-state index in [1.165, 1.54) is 12.5 Å². The summed E-state index contributed by atoms with van der Waals surface area (Å²) < 4.78 is 0. The molecule has 0 fully saturated rings. The monoisotopic (exact) mass is 181 g/mol. The molecule has 0 heterocycles. The average Bonchev–Trinajstić information content (AvgIpc) is 2.10. The first-order valence-corrected chi connectivity index (χ1v) is 4.83. The van der Waals surface area contributed by atoms with Gasteiger partial charge in [-0.25, -0.2) is 0 Å². The lowest BCUT2D eigenvalue weighted by atomic mass is 10.2. The summed E-state index contributed by atoms with van der Waals surface area (Å²) in [4.78, 5) is 0. The van der Waals surface area contributed by atoms with Crippen LogP contribution in [0.1, 0.15) is 48.0 Å². The first-order valence-electron chi connectivity index (χ1n) is 4.83. The van der Waals surface area contributed by atoms with Gasteiger partial charge in [-0.2, -0.15) is 5.26 Å². The SMILES string of the molecule is C/C=C\C(C)=C/CC.CC.CC#N. The van der Waals surface area contributed by atoms with E-state index in [1.54, 1.807) is 6.07 Å². The van der Waals surface area contributed by atoms with Crippen molar-refractivity contribution in [1.29, 1.82) is 5.26 Å². The van der Waals surface area contributed by atoms with E-state index in [-0.39, 0.29) is 0 Å². The van der Waals surface area contributed by atoms with Crippen LogP contribution < -0.4 is 0 Å². The average molecular weight is 181 g/mol. The summed E-state index contributed by atoms with van der Waals surface area (Å²) in [7, 11) is 0. The van der Waals surface area contributed by atoms with Gasteiger partial charge in [0.15, 0.2) is 0 Å². The van der Waals surface area contributed by atoms with E-state index >= 15 is 0 Å². The summed E-state index contributed by atoms with van der Waals surface area (Å²) in [6, 6.07) is 1.75. The highest BCUT2D eigenvalue weighted by Gasteiger charge is 1.74. The Hall–Kier alpha value is -1.03. The summed E-state index contributed by atoms with van der Waals surface area (Å²) in [6.07, 6.45) is 7.52. The Balaban J connectivity index is -0.000000169. The first kappa shape index (κ1) is 17.9. The van der Waals surface area contributed by atoms with Crippen molar-refractivity contribution in [3.05, 3.63) is 23.8 Å². The predicted molar refractivity (Wildman–Crippen MR) is 61.5 cm³/mol. The number of rotatable bonds is 2. The van der Waals surface area contributed by atoms with E-state index in [0.29, 0.717) is 0 Å². The Labute approximate surface area is 83.8 Å². The highest BCUT2D eigenvalue weighted by atomic mass is 14.2. The molecule has 0 aliphatic heterocycles. The maximum absolute atomic E-state index is 7.32. The number of nitrogens with zero attached hydrogens (tertiary/aromatic N) is 1. The Kier molecular flexibility index (Phi) is 30.9. The topological polar surface area (TPSA) is 23.8 Å². The normalized spacial score (nSPS) is 9.15. The fourth-order valence-electron chi connectivity index (χ4n) is 0.653. The van der Waals surface area contributed by atoms with Gasteiger partial charge in [0.1, 0.15) is 0 Å². The quantitative estimate of drug-likeness (QED) is 0.576. The molecule has 76 valence electrons. The van der Waals surface area contributed by atoms with E-state index in [0.717, 1.165) is 6.42 Å². The standard InChI is InChI=1S/C8H14.C2H3N.C2H6/c1-4-6-8(3)7-5-2;1-2-3;1-2/h4,6-7H,5H2,1-3H3;1H3;1-2H3/b6-4-,8-7-;;. The third-order valence-corrected chi connectivity index (χ3v) is 0.956. The van der Waals surface area contributed by atoms with E-state index in [4.69, 9.17) is 5.26 Å². The van der Waals surface area contributed by atoms with Crippen LogP contribution in [0.4, 0.5) is 0 Å². The minimum absolute atomic E-state index is 1.14. The highest BCUT2D eigenvalue weighted by molar-refractivity contribution is 5.14. The van der Waals surface area contributed by atoms with Crippen LogP contribution in [0.2, 0.25) is 0 Å². The number of hydrogen-bond acceptors (Lipinski definition) is 1. The molecule has 0 aromatic rings. The molecule has 0 rings (SSSR count). The zero-order valence-electron chi connectivity index (χ0n) is 9.89. The second-order valence-electron chi connectivity index (χ2n) is 2.08. The minimum atomic E-state index is 1.14. The fourth-order valence-corrected chi connectivity index (χ4v) is 0.653. The smallest absolute Gasteiger partial charge is 0.0587 e. The van der Waals surface area contributed by atoms with Crippen molar-refractivity contribution < 1.29 is 0 Å². The Morgan fingerprint density at radius 2 is 1.77 bits per heavy atom. The van der Waals surface area contributed by atoms with Crippen LogP contribution in [-0.4, -0.2) is 0 Å². The van der Waals surface area contributed by atoms with Gasteiger partial charge in [0, 0.05) is 6.92 Å². The maximum Gasteiger partial charge on any atom is 0.0587 e. The van der Waals surface area contributed by atoms with Crippen LogP contribution >= 0.6 is 0 Å². The molecule has 0 aliphatic carbocycles. The molecule has 0 bridgehead atoms. The van der Waals surface area contributed by atoms with E-state index in [1.807, 2.05) is 20.8 Å². The highest BCUT2D eigenvalue weighted by Crippen LogP contribution is 1.95. The molecule has 0 amide bonds. The van der Waals surface area contributed by atoms with Crippen molar-refractivity contribution in [1.82, 2.24) is 0 Å². The Bertz CT molecular complexity index is 158. The van der Waals surface area contributed by atoms with Crippen molar-refractivity contribution in [2.45, 2.75) is 48.0 Å². The molecular weight excluding hydrogens is 158 g/mol. The van der Waals surface area contributed by atoms with Gasteiger partial charge in [-0.15, -0.1) is 0 Å².